The molecule has 1 aliphatic rings. The van der Waals surface area contributed by atoms with Crippen molar-refractivity contribution >= 4 is 24.5 Å². The van der Waals surface area contributed by atoms with Crippen LogP contribution in [0.4, 0.5) is 0 Å². The Kier molecular flexibility index (Phi) is 1.53. The molecule has 13 heavy (non-hydrogen) atoms. The van der Waals surface area contributed by atoms with Crippen molar-refractivity contribution in [3.63, 3.8) is 0 Å². The zero-order chi connectivity index (χ0) is 8.67. The second-order valence-corrected chi connectivity index (χ2v) is 5.49. The van der Waals surface area contributed by atoms with Crippen LogP contribution in [0.5, 0.6) is 0 Å². The van der Waals surface area contributed by atoms with Crippen molar-refractivity contribution in [2.24, 2.45) is 0 Å². The number of nitrogens with zero attached hydrogens (tertiary/aromatic N) is 1. The first kappa shape index (κ1) is 7.34. The van der Waals surface area contributed by atoms with Crippen LogP contribution in [-0.2, 0) is 0 Å². The summed E-state index contributed by atoms with van der Waals surface area (Å²) in [6, 6.07) is 12.8. The van der Waals surface area contributed by atoms with Gasteiger partial charge in [-0.15, -0.1) is 0 Å². The summed E-state index contributed by atoms with van der Waals surface area (Å²) in [6.45, 7) is 0. The number of benzene rings is 1. The van der Waals surface area contributed by atoms with Crippen LogP contribution in [0.25, 0.3) is 11.3 Å². The fourth-order valence-electron chi connectivity index (χ4n) is 1.60. The summed E-state index contributed by atoms with van der Waals surface area (Å²) >= 11 is 0.188. The molecule has 0 saturated carbocycles. The molecular weight excluding hydrogens is 221 g/mol. The van der Waals surface area contributed by atoms with Crippen LogP contribution in [0, 0.1) is 0 Å². The number of hydrogen-bond donors (Lipinski definition) is 0. The Hall–Kier alpha value is -1.07. The number of rotatable bonds is 0. The van der Waals surface area contributed by atoms with Gasteiger partial charge in [0.1, 0.15) is 0 Å². The van der Waals surface area contributed by atoms with Crippen LogP contribution in [0.2, 0.25) is 0 Å². The summed E-state index contributed by atoms with van der Waals surface area (Å²) < 4.78 is 2.94. The Morgan fingerprint density at radius 2 is 1.77 bits per heavy atom. The molecule has 1 aromatic heterocycles. The van der Waals surface area contributed by atoms with E-state index >= 15 is 0 Å². The van der Waals surface area contributed by atoms with Gasteiger partial charge in [0, 0.05) is 0 Å². The molecule has 0 saturated heterocycles. The maximum atomic E-state index is 4.42. The molecule has 1 nitrogen and oxygen atoms in total. The van der Waals surface area contributed by atoms with Gasteiger partial charge in [-0.05, 0) is 0 Å². The van der Waals surface area contributed by atoms with Gasteiger partial charge in [0.15, 0.2) is 0 Å². The molecule has 0 spiro atoms. The Morgan fingerprint density at radius 1 is 0.923 bits per heavy atom. The Balaban J connectivity index is 2.32. The van der Waals surface area contributed by atoms with Gasteiger partial charge in [-0.3, -0.25) is 0 Å². The monoisotopic (exact) mass is 228 g/mol. The third kappa shape index (κ3) is 1.04. The molecular formula is C11H7AsN. The van der Waals surface area contributed by atoms with Crippen LogP contribution < -0.4 is 8.70 Å². The molecule has 2 aromatic rings. The van der Waals surface area contributed by atoms with Gasteiger partial charge in [0.05, 0.1) is 0 Å². The van der Waals surface area contributed by atoms with Crippen LogP contribution in [0.3, 0.4) is 0 Å². The molecule has 0 amide bonds. The van der Waals surface area contributed by atoms with Gasteiger partial charge in [0.2, 0.25) is 0 Å². The Labute approximate surface area is 83.5 Å². The second kappa shape index (κ2) is 2.71. The van der Waals surface area contributed by atoms with E-state index in [1.54, 1.807) is 0 Å². The summed E-state index contributed by atoms with van der Waals surface area (Å²) in [5.74, 6) is 0. The fourth-order valence-corrected chi connectivity index (χ4v) is 4.04. The molecule has 2 heteroatoms. The Morgan fingerprint density at radius 3 is 2.77 bits per heavy atom. The molecule has 0 aliphatic carbocycles. The van der Waals surface area contributed by atoms with Crippen LogP contribution in [0.1, 0.15) is 0 Å². The summed E-state index contributed by atoms with van der Waals surface area (Å²) in [5.41, 5.74) is 2.55. The molecule has 0 bridgehead atoms. The predicted molar refractivity (Wildman–Crippen MR) is 54.7 cm³/mol. The van der Waals surface area contributed by atoms with Crippen LogP contribution >= 0.6 is 0 Å². The van der Waals surface area contributed by atoms with Crippen molar-refractivity contribution in [3.8, 4) is 11.3 Å². The van der Waals surface area contributed by atoms with Gasteiger partial charge in [-0.2, -0.15) is 0 Å². The normalized spacial score (nSPS) is 14.2. The SMILES string of the molecule is c1ccc2c(c1)[As]c1cccnc1-2. The molecule has 1 aliphatic heterocycles. The molecule has 0 unspecified atom stereocenters. The average molecular weight is 228 g/mol. The van der Waals surface area contributed by atoms with E-state index in [0.29, 0.717) is 0 Å². The Bertz CT molecular complexity index is 422. The van der Waals surface area contributed by atoms with Gasteiger partial charge < -0.3 is 0 Å². The quantitative estimate of drug-likeness (QED) is 0.516. The average Bonchev–Trinajstić information content (AvgIpc) is 2.56. The van der Waals surface area contributed by atoms with E-state index in [-0.39, 0.29) is 15.8 Å². The third-order valence-corrected chi connectivity index (χ3v) is 4.77. The summed E-state index contributed by atoms with van der Waals surface area (Å²) in [7, 11) is 0. The molecule has 0 fully saturated rings. The zero-order valence-electron chi connectivity index (χ0n) is 6.94. The van der Waals surface area contributed by atoms with Crippen molar-refractivity contribution in [2.45, 2.75) is 0 Å². The van der Waals surface area contributed by atoms with Crippen molar-refractivity contribution in [3.05, 3.63) is 42.6 Å². The van der Waals surface area contributed by atoms with E-state index in [4.69, 9.17) is 0 Å². The summed E-state index contributed by atoms with van der Waals surface area (Å²) in [4.78, 5) is 4.42. The molecule has 61 valence electrons. The molecule has 3 rings (SSSR count). The topological polar surface area (TPSA) is 12.9 Å². The first-order valence-electron chi connectivity index (χ1n) is 4.21. The fraction of sp³-hybridized carbons (Fsp3) is 0. The molecule has 0 atom stereocenters. The predicted octanol–water partition coefficient (Wildman–Crippen LogP) is 0.717. The van der Waals surface area contributed by atoms with Gasteiger partial charge >= 0.3 is 83.3 Å². The minimum atomic E-state index is 0.188. The third-order valence-electron chi connectivity index (χ3n) is 2.19. The summed E-state index contributed by atoms with van der Waals surface area (Å²) in [6.07, 6.45) is 1.88. The minimum absolute atomic E-state index is 0.188. The van der Waals surface area contributed by atoms with Gasteiger partial charge in [-0.1, -0.05) is 0 Å². The van der Waals surface area contributed by atoms with E-state index in [1.165, 1.54) is 20.0 Å². The molecule has 2 heterocycles. The van der Waals surface area contributed by atoms with Crippen molar-refractivity contribution in [1.29, 1.82) is 0 Å². The van der Waals surface area contributed by atoms with Crippen LogP contribution in [-0.4, -0.2) is 20.7 Å². The standard InChI is InChI=1S/C11H7AsN/c1-2-5-9-8(4-1)11-10(12-9)6-3-7-13-11/h1-7H. The van der Waals surface area contributed by atoms with E-state index < -0.39 is 0 Å². The van der Waals surface area contributed by atoms with Gasteiger partial charge in [-0.25, -0.2) is 0 Å². The maximum absolute atomic E-state index is 4.42. The first-order chi connectivity index (χ1) is 6.45. The molecule has 1 aromatic carbocycles. The van der Waals surface area contributed by atoms with Crippen molar-refractivity contribution in [1.82, 2.24) is 4.98 Å². The number of hydrogen-bond acceptors (Lipinski definition) is 1. The first-order valence-corrected chi connectivity index (χ1v) is 6.09. The van der Waals surface area contributed by atoms with Crippen molar-refractivity contribution in [2.75, 3.05) is 0 Å². The zero-order valence-corrected chi connectivity index (χ0v) is 8.81. The van der Waals surface area contributed by atoms with Crippen LogP contribution in [0.15, 0.2) is 42.6 Å². The molecule has 0 N–H and O–H groups in total. The number of pyridine rings is 1. The van der Waals surface area contributed by atoms with E-state index in [2.05, 4.69) is 35.3 Å². The summed E-state index contributed by atoms with van der Waals surface area (Å²) in [5, 5.41) is 0. The number of fused-ring (bicyclic) bond motifs is 3. The second-order valence-electron chi connectivity index (χ2n) is 3.00. The van der Waals surface area contributed by atoms with E-state index in [1.807, 2.05) is 12.3 Å². The molecule has 1 radical (unpaired) electrons. The number of aromatic nitrogens is 1. The van der Waals surface area contributed by atoms with E-state index in [9.17, 15) is 0 Å². The van der Waals surface area contributed by atoms with Gasteiger partial charge in [0.25, 0.3) is 0 Å². The van der Waals surface area contributed by atoms with Crippen molar-refractivity contribution < 1.29 is 0 Å². The van der Waals surface area contributed by atoms with E-state index in [0.717, 1.165) is 0 Å².